The van der Waals surface area contributed by atoms with Crippen LogP contribution < -0.4 is 10.1 Å². The molecule has 6 nitrogen and oxygen atoms in total. The number of sulfone groups is 1. The van der Waals surface area contributed by atoms with E-state index in [0.29, 0.717) is 16.5 Å². The maximum absolute atomic E-state index is 12.9. The number of anilines is 1. The first-order valence-corrected chi connectivity index (χ1v) is 10.8. The molecule has 0 aliphatic heterocycles. The SMILES string of the molecule is Cc1ccc(NC(=O)c2oc3ccccc3c2CS(C)(=O)=O)c(OCC(F)(F)F)c1. The number of fused-ring (bicyclic) bond motifs is 1. The minimum absolute atomic E-state index is 0.000566. The number of carbonyl (C=O) groups excluding carboxylic acids is 1. The van der Waals surface area contributed by atoms with Crippen LogP contribution in [0.3, 0.4) is 0 Å². The summed E-state index contributed by atoms with van der Waals surface area (Å²) in [4.78, 5) is 12.9. The van der Waals surface area contributed by atoms with Crippen molar-refractivity contribution in [3.63, 3.8) is 0 Å². The predicted molar refractivity (Wildman–Crippen MR) is 105 cm³/mol. The minimum Gasteiger partial charge on any atom is -0.482 e. The molecule has 10 heteroatoms. The zero-order valence-electron chi connectivity index (χ0n) is 16.0. The van der Waals surface area contributed by atoms with Crippen molar-refractivity contribution in [2.24, 2.45) is 0 Å². The lowest BCUT2D eigenvalue weighted by Gasteiger charge is -2.14. The van der Waals surface area contributed by atoms with Gasteiger partial charge in [-0.2, -0.15) is 13.2 Å². The second-order valence-electron chi connectivity index (χ2n) is 6.83. The highest BCUT2D eigenvalue weighted by molar-refractivity contribution is 7.89. The van der Waals surface area contributed by atoms with Crippen LogP contribution in [0.1, 0.15) is 21.7 Å². The lowest BCUT2D eigenvalue weighted by Crippen LogP contribution is -2.20. The lowest BCUT2D eigenvalue weighted by atomic mass is 10.1. The topological polar surface area (TPSA) is 85.6 Å². The molecule has 0 bridgehead atoms. The van der Waals surface area contributed by atoms with Gasteiger partial charge in [0, 0.05) is 17.2 Å². The molecule has 0 saturated heterocycles. The second-order valence-corrected chi connectivity index (χ2v) is 8.97. The molecule has 0 atom stereocenters. The smallest absolute Gasteiger partial charge is 0.422 e. The van der Waals surface area contributed by atoms with Crippen molar-refractivity contribution in [3.8, 4) is 5.75 Å². The molecular formula is C20H18F3NO5S. The summed E-state index contributed by atoms with van der Waals surface area (Å²) in [5.41, 5.74) is 1.13. The molecule has 0 saturated carbocycles. The number of furan rings is 1. The van der Waals surface area contributed by atoms with Crippen LogP contribution in [0, 0.1) is 6.92 Å². The summed E-state index contributed by atoms with van der Waals surface area (Å²) in [6, 6.07) is 10.9. The number of hydrogen-bond donors (Lipinski definition) is 1. The van der Waals surface area contributed by atoms with Crippen molar-refractivity contribution in [1.29, 1.82) is 0 Å². The Morgan fingerprint density at radius 1 is 1.17 bits per heavy atom. The Kier molecular flexibility index (Phi) is 5.80. The van der Waals surface area contributed by atoms with Crippen molar-refractivity contribution < 1.29 is 35.5 Å². The number of ether oxygens (including phenoxy) is 1. The molecule has 0 fully saturated rings. The monoisotopic (exact) mass is 441 g/mol. The molecule has 30 heavy (non-hydrogen) atoms. The van der Waals surface area contributed by atoms with Crippen LogP contribution in [0.15, 0.2) is 46.9 Å². The van der Waals surface area contributed by atoms with E-state index in [4.69, 9.17) is 9.15 Å². The van der Waals surface area contributed by atoms with E-state index in [0.717, 1.165) is 6.26 Å². The molecule has 1 N–H and O–H groups in total. The van der Waals surface area contributed by atoms with E-state index in [1.165, 1.54) is 12.1 Å². The van der Waals surface area contributed by atoms with E-state index >= 15 is 0 Å². The van der Waals surface area contributed by atoms with Crippen molar-refractivity contribution in [2.75, 3.05) is 18.2 Å². The number of rotatable bonds is 6. The van der Waals surface area contributed by atoms with Crippen LogP contribution in [0.4, 0.5) is 18.9 Å². The zero-order valence-corrected chi connectivity index (χ0v) is 16.9. The number of amides is 1. The Bertz CT molecular complexity index is 1200. The van der Waals surface area contributed by atoms with E-state index < -0.39 is 34.3 Å². The number of para-hydroxylation sites is 1. The van der Waals surface area contributed by atoms with E-state index in [-0.39, 0.29) is 22.8 Å². The number of aryl methyl sites for hydroxylation is 1. The highest BCUT2D eigenvalue weighted by atomic mass is 32.2. The maximum atomic E-state index is 12.9. The van der Waals surface area contributed by atoms with Gasteiger partial charge in [-0.15, -0.1) is 0 Å². The van der Waals surface area contributed by atoms with Crippen molar-refractivity contribution >= 4 is 32.4 Å². The largest absolute Gasteiger partial charge is 0.482 e. The van der Waals surface area contributed by atoms with Gasteiger partial charge in [0.25, 0.3) is 5.91 Å². The van der Waals surface area contributed by atoms with E-state index in [2.05, 4.69) is 5.32 Å². The highest BCUT2D eigenvalue weighted by Gasteiger charge is 2.29. The van der Waals surface area contributed by atoms with E-state index in [1.807, 2.05) is 0 Å². The molecule has 0 aliphatic rings. The summed E-state index contributed by atoms with van der Waals surface area (Å²) >= 11 is 0. The predicted octanol–water partition coefficient (Wildman–Crippen LogP) is 4.48. The molecule has 1 aromatic heterocycles. The van der Waals surface area contributed by atoms with Crippen LogP contribution in [0.5, 0.6) is 5.75 Å². The number of alkyl halides is 3. The van der Waals surface area contributed by atoms with Gasteiger partial charge < -0.3 is 14.5 Å². The fraction of sp³-hybridized carbons (Fsp3) is 0.250. The van der Waals surface area contributed by atoms with Gasteiger partial charge in [0.15, 0.2) is 22.2 Å². The molecule has 0 aliphatic carbocycles. The average molecular weight is 441 g/mol. The van der Waals surface area contributed by atoms with E-state index in [9.17, 15) is 26.4 Å². The van der Waals surface area contributed by atoms with Gasteiger partial charge in [-0.3, -0.25) is 4.79 Å². The highest BCUT2D eigenvalue weighted by Crippen LogP contribution is 2.31. The van der Waals surface area contributed by atoms with Gasteiger partial charge in [-0.1, -0.05) is 24.3 Å². The summed E-state index contributed by atoms with van der Waals surface area (Å²) < 4.78 is 71.7. The third-order valence-electron chi connectivity index (χ3n) is 4.09. The normalized spacial score (nSPS) is 12.2. The van der Waals surface area contributed by atoms with Gasteiger partial charge in [0.2, 0.25) is 0 Å². The van der Waals surface area contributed by atoms with Crippen LogP contribution >= 0.6 is 0 Å². The molecule has 3 aromatic rings. The molecule has 1 amide bonds. The van der Waals surface area contributed by atoms with Gasteiger partial charge in [0.05, 0.1) is 11.4 Å². The summed E-state index contributed by atoms with van der Waals surface area (Å²) in [5.74, 6) is -1.63. The number of hydrogen-bond acceptors (Lipinski definition) is 5. The molecule has 0 radical (unpaired) electrons. The number of carbonyl (C=O) groups is 1. The first-order valence-electron chi connectivity index (χ1n) is 8.72. The summed E-state index contributed by atoms with van der Waals surface area (Å²) in [6.45, 7) is 0.138. The van der Waals surface area contributed by atoms with Gasteiger partial charge in [0.1, 0.15) is 11.3 Å². The fourth-order valence-corrected chi connectivity index (χ4v) is 3.69. The van der Waals surface area contributed by atoms with Crippen LogP contribution in [0.2, 0.25) is 0 Å². The van der Waals surface area contributed by atoms with Crippen LogP contribution in [-0.2, 0) is 15.6 Å². The lowest BCUT2D eigenvalue weighted by molar-refractivity contribution is -0.153. The first kappa shape index (κ1) is 21.7. The Morgan fingerprint density at radius 2 is 1.87 bits per heavy atom. The standard InChI is InChI=1S/C20H18F3NO5S/c1-12-7-8-15(17(9-12)28-11-20(21,22)23)24-19(25)18-14(10-30(2,26)27)13-5-3-4-6-16(13)29-18/h3-9H,10-11H2,1-2H3,(H,24,25). The number of nitrogens with one attached hydrogen (secondary N) is 1. The fourth-order valence-electron chi connectivity index (χ4n) is 2.88. The molecule has 3 rings (SSSR count). The summed E-state index contributed by atoms with van der Waals surface area (Å²) in [6.07, 6.45) is -3.52. The Morgan fingerprint density at radius 3 is 2.53 bits per heavy atom. The van der Waals surface area contributed by atoms with Crippen molar-refractivity contribution in [1.82, 2.24) is 0 Å². The van der Waals surface area contributed by atoms with Crippen molar-refractivity contribution in [2.45, 2.75) is 18.9 Å². The molecular weight excluding hydrogens is 423 g/mol. The molecule has 0 unspecified atom stereocenters. The van der Waals surface area contributed by atoms with Crippen LogP contribution in [-0.4, -0.2) is 33.4 Å². The molecule has 0 spiro atoms. The summed E-state index contributed by atoms with van der Waals surface area (Å²) in [5, 5.41) is 2.92. The van der Waals surface area contributed by atoms with Gasteiger partial charge in [-0.25, -0.2) is 8.42 Å². The minimum atomic E-state index is -4.55. The second kappa shape index (κ2) is 8.02. The Balaban J connectivity index is 1.97. The van der Waals surface area contributed by atoms with E-state index in [1.54, 1.807) is 37.3 Å². The molecule has 160 valence electrons. The quantitative estimate of drug-likeness (QED) is 0.610. The number of benzene rings is 2. The number of halogens is 3. The van der Waals surface area contributed by atoms with Crippen molar-refractivity contribution in [3.05, 3.63) is 59.4 Å². The average Bonchev–Trinajstić information content (AvgIpc) is 2.98. The van der Waals surface area contributed by atoms with Gasteiger partial charge in [-0.05, 0) is 30.7 Å². The zero-order chi connectivity index (χ0) is 22.1. The third kappa shape index (κ3) is 5.32. The van der Waals surface area contributed by atoms with Gasteiger partial charge >= 0.3 is 6.18 Å². The van der Waals surface area contributed by atoms with Crippen LogP contribution in [0.25, 0.3) is 11.0 Å². The summed E-state index contributed by atoms with van der Waals surface area (Å²) in [7, 11) is -3.50. The molecule has 2 aromatic carbocycles. The first-order chi connectivity index (χ1) is 13.9. The third-order valence-corrected chi connectivity index (χ3v) is 4.90. The Labute approximate surface area is 170 Å². The maximum Gasteiger partial charge on any atom is 0.422 e. The Hall–Kier alpha value is -3.01. The molecule has 1 heterocycles.